The molecule has 0 saturated heterocycles. The number of esters is 1. The third-order valence-corrected chi connectivity index (χ3v) is 3.20. The first-order valence-corrected chi connectivity index (χ1v) is 6.87. The third-order valence-electron chi connectivity index (χ3n) is 3.20. The Bertz CT molecular complexity index is 649. The highest BCUT2D eigenvalue weighted by atomic mass is 16.5. The minimum Gasteiger partial charge on any atom is -0.468 e. The fraction of sp³-hybridized carbons (Fsp3) is 0.400. The Labute approximate surface area is 123 Å². The predicted octanol–water partition coefficient (Wildman–Crippen LogP) is 1.28. The van der Waals surface area contributed by atoms with Gasteiger partial charge in [-0.1, -0.05) is 12.1 Å². The Balaban J connectivity index is 2.18. The number of nitrogens with zero attached hydrogens (tertiary/aromatic N) is 2. The summed E-state index contributed by atoms with van der Waals surface area (Å²) in [6.07, 6.45) is 1.45. The Kier molecular flexibility index (Phi) is 4.92. The van der Waals surface area contributed by atoms with Crippen molar-refractivity contribution in [3.05, 3.63) is 30.1 Å². The number of carbonyl (C=O) groups excluding carboxylic acids is 2. The van der Waals surface area contributed by atoms with Gasteiger partial charge in [0.05, 0.1) is 18.1 Å². The fourth-order valence-corrected chi connectivity index (χ4v) is 2.20. The number of nitrogens with one attached hydrogen (secondary N) is 1. The molecule has 0 unspecified atom stereocenters. The molecule has 1 N–H and O–H groups in total. The number of hydrogen-bond donors (Lipinski definition) is 1. The molecule has 112 valence electrons. The molecular formula is C15H19N3O3. The van der Waals surface area contributed by atoms with E-state index in [1.54, 1.807) is 0 Å². The van der Waals surface area contributed by atoms with E-state index < -0.39 is 0 Å². The van der Waals surface area contributed by atoms with Gasteiger partial charge >= 0.3 is 5.97 Å². The maximum Gasteiger partial charge on any atom is 0.325 e. The summed E-state index contributed by atoms with van der Waals surface area (Å²) >= 11 is 0. The summed E-state index contributed by atoms with van der Waals surface area (Å²) in [7, 11) is 1.37. The Hall–Kier alpha value is -2.37. The van der Waals surface area contributed by atoms with Crippen molar-refractivity contribution in [1.82, 2.24) is 14.9 Å². The van der Waals surface area contributed by atoms with Gasteiger partial charge in [0.2, 0.25) is 5.91 Å². The molecule has 0 fully saturated rings. The Morgan fingerprint density at radius 1 is 1.33 bits per heavy atom. The van der Waals surface area contributed by atoms with E-state index in [2.05, 4.69) is 10.3 Å². The van der Waals surface area contributed by atoms with Crippen LogP contribution in [0.15, 0.2) is 24.3 Å². The van der Waals surface area contributed by atoms with E-state index in [0.717, 1.165) is 23.3 Å². The van der Waals surface area contributed by atoms with Crippen LogP contribution < -0.4 is 5.32 Å². The van der Waals surface area contributed by atoms with Crippen LogP contribution in [0.2, 0.25) is 0 Å². The van der Waals surface area contributed by atoms with Gasteiger partial charge in [-0.25, -0.2) is 4.98 Å². The standard InChI is InChI=1S/C15H19N3O3/c1-11(19)16-9-5-8-14-17-12-6-3-4-7-13(12)18(14)10-15(20)21-2/h3-4,6-7H,5,8-10H2,1-2H3,(H,16,19). The molecule has 2 rings (SSSR count). The fourth-order valence-electron chi connectivity index (χ4n) is 2.20. The number of benzene rings is 1. The van der Waals surface area contributed by atoms with Crippen molar-refractivity contribution in [2.75, 3.05) is 13.7 Å². The Morgan fingerprint density at radius 2 is 2.10 bits per heavy atom. The van der Waals surface area contributed by atoms with Crippen LogP contribution in [0.1, 0.15) is 19.2 Å². The summed E-state index contributed by atoms with van der Waals surface area (Å²) in [4.78, 5) is 27.0. The monoisotopic (exact) mass is 289 g/mol. The van der Waals surface area contributed by atoms with Crippen LogP contribution in [-0.2, 0) is 27.3 Å². The van der Waals surface area contributed by atoms with E-state index in [1.807, 2.05) is 28.8 Å². The summed E-state index contributed by atoms with van der Waals surface area (Å²) in [6, 6.07) is 7.68. The Morgan fingerprint density at radius 3 is 2.81 bits per heavy atom. The molecular weight excluding hydrogens is 270 g/mol. The number of hydrogen-bond acceptors (Lipinski definition) is 4. The zero-order chi connectivity index (χ0) is 15.2. The second-order valence-corrected chi connectivity index (χ2v) is 4.77. The molecule has 1 amide bonds. The zero-order valence-corrected chi connectivity index (χ0v) is 12.3. The van der Waals surface area contributed by atoms with Gasteiger partial charge < -0.3 is 14.6 Å². The normalized spacial score (nSPS) is 10.6. The highest BCUT2D eigenvalue weighted by Gasteiger charge is 2.13. The second-order valence-electron chi connectivity index (χ2n) is 4.77. The van der Waals surface area contributed by atoms with E-state index in [0.29, 0.717) is 13.0 Å². The van der Waals surface area contributed by atoms with Crippen LogP contribution >= 0.6 is 0 Å². The number of aryl methyl sites for hydroxylation is 1. The van der Waals surface area contributed by atoms with Crippen LogP contribution in [0.25, 0.3) is 11.0 Å². The molecule has 0 radical (unpaired) electrons. The molecule has 0 aliphatic rings. The van der Waals surface area contributed by atoms with Gasteiger partial charge in [0, 0.05) is 19.9 Å². The first-order valence-electron chi connectivity index (χ1n) is 6.87. The average Bonchev–Trinajstić information content (AvgIpc) is 2.81. The van der Waals surface area contributed by atoms with Gasteiger partial charge in [0.1, 0.15) is 12.4 Å². The van der Waals surface area contributed by atoms with Gasteiger partial charge in [-0.15, -0.1) is 0 Å². The summed E-state index contributed by atoms with van der Waals surface area (Å²) in [6.45, 7) is 2.23. The van der Waals surface area contributed by atoms with E-state index in [-0.39, 0.29) is 18.4 Å². The molecule has 1 heterocycles. The molecule has 0 aliphatic heterocycles. The lowest BCUT2D eigenvalue weighted by atomic mass is 10.3. The summed E-state index contributed by atoms with van der Waals surface area (Å²) in [5.41, 5.74) is 1.77. The van der Waals surface area contributed by atoms with E-state index >= 15 is 0 Å². The minimum absolute atomic E-state index is 0.0435. The van der Waals surface area contributed by atoms with Gasteiger partial charge in [-0.2, -0.15) is 0 Å². The maximum absolute atomic E-state index is 11.6. The molecule has 1 aromatic carbocycles. The highest BCUT2D eigenvalue weighted by molar-refractivity contribution is 5.78. The average molecular weight is 289 g/mol. The highest BCUT2D eigenvalue weighted by Crippen LogP contribution is 2.17. The molecule has 0 atom stereocenters. The third kappa shape index (κ3) is 3.81. The van der Waals surface area contributed by atoms with E-state index in [9.17, 15) is 9.59 Å². The maximum atomic E-state index is 11.6. The molecule has 6 heteroatoms. The van der Waals surface area contributed by atoms with Crippen molar-refractivity contribution in [3.63, 3.8) is 0 Å². The van der Waals surface area contributed by atoms with Crippen LogP contribution in [0.4, 0.5) is 0 Å². The van der Waals surface area contributed by atoms with Crippen molar-refractivity contribution in [1.29, 1.82) is 0 Å². The molecule has 0 aliphatic carbocycles. The van der Waals surface area contributed by atoms with Crippen molar-refractivity contribution in [3.8, 4) is 0 Å². The number of ether oxygens (including phenoxy) is 1. The molecule has 0 spiro atoms. The summed E-state index contributed by atoms with van der Waals surface area (Å²) in [5, 5.41) is 2.75. The molecule has 2 aromatic rings. The lowest BCUT2D eigenvalue weighted by Crippen LogP contribution is -2.22. The van der Waals surface area contributed by atoms with Gasteiger partial charge in [0.25, 0.3) is 0 Å². The van der Waals surface area contributed by atoms with Gasteiger partial charge in [-0.05, 0) is 18.6 Å². The predicted molar refractivity (Wildman–Crippen MR) is 78.8 cm³/mol. The summed E-state index contributed by atoms with van der Waals surface area (Å²) in [5.74, 6) is 0.478. The molecule has 21 heavy (non-hydrogen) atoms. The number of amides is 1. The molecule has 0 saturated carbocycles. The van der Waals surface area contributed by atoms with E-state index in [1.165, 1.54) is 14.0 Å². The van der Waals surface area contributed by atoms with Crippen molar-refractivity contribution in [2.24, 2.45) is 0 Å². The van der Waals surface area contributed by atoms with Gasteiger partial charge in [-0.3, -0.25) is 9.59 Å². The number of carbonyl (C=O) groups is 2. The molecule has 1 aromatic heterocycles. The van der Waals surface area contributed by atoms with Crippen LogP contribution in [-0.4, -0.2) is 35.1 Å². The SMILES string of the molecule is COC(=O)Cn1c(CCCNC(C)=O)nc2ccccc21. The lowest BCUT2D eigenvalue weighted by Gasteiger charge is -2.08. The molecule has 6 nitrogen and oxygen atoms in total. The summed E-state index contributed by atoms with van der Waals surface area (Å²) < 4.78 is 6.61. The number of aromatic nitrogens is 2. The van der Waals surface area contributed by atoms with Crippen molar-refractivity contribution >= 4 is 22.9 Å². The first kappa shape index (κ1) is 15.0. The first-order chi connectivity index (χ1) is 10.1. The number of imidazole rings is 1. The van der Waals surface area contributed by atoms with Crippen LogP contribution in [0.5, 0.6) is 0 Å². The van der Waals surface area contributed by atoms with Gasteiger partial charge in [0.15, 0.2) is 0 Å². The zero-order valence-electron chi connectivity index (χ0n) is 12.3. The quantitative estimate of drug-likeness (QED) is 0.642. The van der Waals surface area contributed by atoms with E-state index in [4.69, 9.17) is 4.74 Å². The number of rotatable bonds is 6. The molecule has 0 bridgehead atoms. The smallest absolute Gasteiger partial charge is 0.325 e. The van der Waals surface area contributed by atoms with Crippen molar-refractivity contribution < 1.29 is 14.3 Å². The second kappa shape index (κ2) is 6.88. The largest absolute Gasteiger partial charge is 0.468 e. The number of methoxy groups -OCH3 is 1. The topological polar surface area (TPSA) is 73.2 Å². The van der Waals surface area contributed by atoms with Crippen molar-refractivity contribution in [2.45, 2.75) is 26.3 Å². The minimum atomic E-state index is -0.304. The number of para-hydroxylation sites is 2. The number of fused-ring (bicyclic) bond motifs is 1. The van der Waals surface area contributed by atoms with Crippen LogP contribution in [0, 0.1) is 0 Å². The lowest BCUT2D eigenvalue weighted by molar-refractivity contribution is -0.141. The van der Waals surface area contributed by atoms with Crippen LogP contribution in [0.3, 0.4) is 0 Å².